The normalized spacial score (nSPS) is 13.4. The number of ketones is 1. The van der Waals surface area contributed by atoms with Crippen LogP contribution in [0.4, 0.5) is 0 Å². The van der Waals surface area contributed by atoms with Crippen LogP contribution in [0.3, 0.4) is 0 Å². The van der Waals surface area contributed by atoms with Crippen molar-refractivity contribution in [3.05, 3.63) is 23.3 Å². The molecule has 0 radical (unpaired) electrons. The number of hydrogen-bond donors (Lipinski definition) is 2. The molecule has 0 fully saturated rings. The molecule has 96 valence electrons. The fourth-order valence-electron chi connectivity index (χ4n) is 2.05. The standard InChI is InChI=1S/C13H14O5/c14-10-4-3-8-6-9(7-11(15)13(8)10)18-5-1-2-12(16)17/h6-7,15H,1-5H2,(H,16,17). The number of fused-ring (bicyclic) bond motifs is 1. The highest BCUT2D eigenvalue weighted by Gasteiger charge is 2.24. The Kier molecular flexibility index (Phi) is 3.50. The summed E-state index contributed by atoms with van der Waals surface area (Å²) < 4.78 is 5.36. The maximum atomic E-state index is 11.5. The number of phenols is 1. The van der Waals surface area contributed by atoms with Gasteiger partial charge in [-0.2, -0.15) is 0 Å². The molecule has 1 aliphatic carbocycles. The highest BCUT2D eigenvalue weighted by Crippen LogP contribution is 2.34. The Balaban J connectivity index is 2.01. The molecule has 0 amide bonds. The molecule has 2 rings (SSSR count). The van der Waals surface area contributed by atoms with E-state index in [-0.39, 0.29) is 24.6 Å². The van der Waals surface area contributed by atoms with Crippen LogP contribution < -0.4 is 4.74 Å². The van der Waals surface area contributed by atoms with Gasteiger partial charge in [-0.05, 0) is 24.5 Å². The monoisotopic (exact) mass is 250 g/mol. The average Bonchev–Trinajstić information content (AvgIpc) is 2.67. The van der Waals surface area contributed by atoms with Crippen LogP contribution in [-0.4, -0.2) is 28.6 Å². The summed E-state index contributed by atoms with van der Waals surface area (Å²) in [6, 6.07) is 3.14. The number of aromatic hydroxyl groups is 1. The van der Waals surface area contributed by atoms with Gasteiger partial charge < -0.3 is 14.9 Å². The first-order valence-electron chi connectivity index (χ1n) is 5.81. The number of rotatable bonds is 5. The zero-order valence-corrected chi connectivity index (χ0v) is 9.81. The molecule has 0 unspecified atom stereocenters. The molecule has 0 atom stereocenters. The fourth-order valence-corrected chi connectivity index (χ4v) is 2.05. The molecule has 1 aromatic rings. The Bertz CT molecular complexity index is 492. The van der Waals surface area contributed by atoms with Gasteiger partial charge in [-0.25, -0.2) is 0 Å². The van der Waals surface area contributed by atoms with Crippen LogP contribution in [0.25, 0.3) is 0 Å². The maximum absolute atomic E-state index is 11.5. The second-order valence-corrected chi connectivity index (χ2v) is 4.25. The van der Waals surface area contributed by atoms with Crippen LogP contribution in [0.1, 0.15) is 35.2 Å². The summed E-state index contributed by atoms with van der Waals surface area (Å²) in [7, 11) is 0. The van der Waals surface area contributed by atoms with Crippen LogP contribution in [0.15, 0.2) is 12.1 Å². The number of carboxylic acids is 1. The predicted octanol–water partition coefficient (Wildman–Crippen LogP) is 1.76. The van der Waals surface area contributed by atoms with Crippen molar-refractivity contribution >= 4 is 11.8 Å². The first-order chi connectivity index (χ1) is 8.58. The van der Waals surface area contributed by atoms with Crippen LogP contribution in [-0.2, 0) is 11.2 Å². The van der Waals surface area contributed by atoms with Gasteiger partial charge in [0.05, 0.1) is 12.2 Å². The number of carbonyl (C=O) groups is 2. The number of aliphatic carboxylic acids is 1. The van der Waals surface area contributed by atoms with Crippen molar-refractivity contribution in [2.24, 2.45) is 0 Å². The molecule has 2 N–H and O–H groups in total. The molecule has 1 aliphatic rings. The molecule has 5 nitrogen and oxygen atoms in total. The lowest BCUT2D eigenvalue weighted by atomic mass is 10.1. The van der Waals surface area contributed by atoms with E-state index in [9.17, 15) is 14.7 Å². The average molecular weight is 250 g/mol. The molecule has 0 aromatic heterocycles. The van der Waals surface area contributed by atoms with Crippen LogP contribution >= 0.6 is 0 Å². The van der Waals surface area contributed by atoms with Crippen molar-refractivity contribution in [2.75, 3.05) is 6.61 Å². The van der Waals surface area contributed by atoms with Crippen molar-refractivity contribution in [2.45, 2.75) is 25.7 Å². The lowest BCUT2D eigenvalue weighted by Gasteiger charge is -2.08. The Labute approximate surface area is 104 Å². The van der Waals surface area contributed by atoms with Gasteiger partial charge in [0.25, 0.3) is 0 Å². The summed E-state index contributed by atoms with van der Waals surface area (Å²) in [5.41, 5.74) is 1.20. The Morgan fingerprint density at radius 1 is 1.33 bits per heavy atom. The van der Waals surface area contributed by atoms with Crippen molar-refractivity contribution < 1.29 is 24.5 Å². The summed E-state index contributed by atoms with van der Waals surface area (Å²) in [5, 5.41) is 18.2. The topological polar surface area (TPSA) is 83.8 Å². The number of ether oxygens (including phenoxy) is 1. The molecule has 5 heteroatoms. The summed E-state index contributed by atoms with van der Waals surface area (Å²) >= 11 is 0. The number of carboxylic acid groups (broad SMARTS) is 1. The summed E-state index contributed by atoms with van der Waals surface area (Å²) in [6.45, 7) is 0.276. The van der Waals surface area contributed by atoms with Crippen LogP contribution in [0.2, 0.25) is 0 Å². The quantitative estimate of drug-likeness (QED) is 0.778. The Morgan fingerprint density at radius 3 is 2.83 bits per heavy atom. The van der Waals surface area contributed by atoms with Gasteiger partial charge in [0.15, 0.2) is 5.78 Å². The first kappa shape index (κ1) is 12.4. The minimum Gasteiger partial charge on any atom is -0.507 e. The van der Waals surface area contributed by atoms with Crippen molar-refractivity contribution in [3.8, 4) is 11.5 Å². The second kappa shape index (κ2) is 5.08. The van der Waals surface area contributed by atoms with Gasteiger partial charge in [0.2, 0.25) is 0 Å². The zero-order chi connectivity index (χ0) is 13.1. The van der Waals surface area contributed by atoms with Gasteiger partial charge in [-0.15, -0.1) is 0 Å². The fraction of sp³-hybridized carbons (Fsp3) is 0.385. The zero-order valence-electron chi connectivity index (χ0n) is 9.81. The lowest BCUT2D eigenvalue weighted by Crippen LogP contribution is -2.02. The van der Waals surface area contributed by atoms with Crippen LogP contribution in [0.5, 0.6) is 11.5 Å². The molecule has 0 bridgehead atoms. The van der Waals surface area contributed by atoms with Crippen molar-refractivity contribution in [1.82, 2.24) is 0 Å². The maximum Gasteiger partial charge on any atom is 0.303 e. The van der Waals surface area contributed by atoms with E-state index in [1.165, 1.54) is 6.07 Å². The Morgan fingerprint density at radius 2 is 2.11 bits per heavy atom. The van der Waals surface area contributed by atoms with E-state index in [0.717, 1.165) is 5.56 Å². The molecule has 0 spiro atoms. The van der Waals surface area contributed by atoms with Crippen LogP contribution in [0, 0.1) is 0 Å². The van der Waals surface area contributed by atoms with E-state index in [1.54, 1.807) is 6.07 Å². The van der Waals surface area contributed by atoms with E-state index >= 15 is 0 Å². The van der Waals surface area contributed by atoms with Gasteiger partial charge >= 0.3 is 5.97 Å². The molecule has 0 saturated carbocycles. The third kappa shape index (κ3) is 2.61. The molecular formula is C13H14O5. The van der Waals surface area contributed by atoms with E-state index in [0.29, 0.717) is 30.6 Å². The highest BCUT2D eigenvalue weighted by atomic mass is 16.5. The minimum absolute atomic E-state index is 0.0417. The molecule has 0 aliphatic heterocycles. The molecule has 0 saturated heterocycles. The van der Waals surface area contributed by atoms with Gasteiger partial charge in [0, 0.05) is 18.9 Å². The van der Waals surface area contributed by atoms with Gasteiger partial charge in [-0.1, -0.05) is 0 Å². The number of aryl methyl sites for hydroxylation is 1. The second-order valence-electron chi connectivity index (χ2n) is 4.25. The molecule has 0 heterocycles. The largest absolute Gasteiger partial charge is 0.507 e. The van der Waals surface area contributed by atoms with Gasteiger partial charge in [0.1, 0.15) is 11.5 Å². The van der Waals surface area contributed by atoms with E-state index in [1.807, 2.05) is 0 Å². The number of benzene rings is 1. The summed E-state index contributed by atoms with van der Waals surface area (Å²) in [4.78, 5) is 21.8. The van der Waals surface area contributed by atoms with E-state index in [4.69, 9.17) is 9.84 Å². The summed E-state index contributed by atoms with van der Waals surface area (Å²) in [6.07, 6.45) is 1.50. The first-order valence-corrected chi connectivity index (χ1v) is 5.81. The number of phenolic OH excluding ortho intramolecular Hbond substituents is 1. The molecular weight excluding hydrogens is 236 g/mol. The highest BCUT2D eigenvalue weighted by molar-refractivity contribution is 6.03. The predicted molar refractivity (Wildman–Crippen MR) is 63.1 cm³/mol. The minimum atomic E-state index is -0.860. The van der Waals surface area contributed by atoms with E-state index in [2.05, 4.69) is 0 Å². The number of carbonyl (C=O) groups excluding carboxylic acids is 1. The molecule has 1 aromatic carbocycles. The molecule has 18 heavy (non-hydrogen) atoms. The van der Waals surface area contributed by atoms with Crippen molar-refractivity contribution in [3.63, 3.8) is 0 Å². The third-order valence-electron chi connectivity index (χ3n) is 2.88. The number of hydrogen-bond acceptors (Lipinski definition) is 4. The Hall–Kier alpha value is -2.04. The lowest BCUT2D eigenvalue weighted by molar-refractivity contribution is -0.137. The van der Waals surface area contributed by atoms with Gasteiger partial charge in [-0.3, -0.25) is 9.59 Å². The van der Waals surface area contributed by atoms with E-state index < -0.39 is 5.97 Å². The number of Topliss-reactive ketones (excluding diaryl/α,β-unsaturated/α-hetero) is 1. The van der Waals surface area contributed by atoms with Crippen molar-refractivity contribution in [1.29, 1.82) is 0 Å². The third-order valence-corrected chi connectivity index (χ3v) is 2.88. The SMILES string of the molecule is O=C(O)CCCOc1cc(O)c2c(c1)CCC2=O. The summed E-state index contributed by atoms with van der Waals surface area (Å²) in [5.74, 6) is -0.476. The smallest absolute Gasteiger partial charge is 0.303 e.